The van der Waals surface area contributed by atoms with Crippen molar-refractivity contribution >= 4 is 11.7 Å². The van der Waals surface area contributed by atoms with Crippen LogP contribution in [0.5, 0.6) is 0 Å². The van der Waals surface area contributed by atoms with E-state index in [1.165, 1.54) is 0 Å². The molecule has 0 aromatic rings. The van der Waals surface area contributed by atoms with Crippen molar-refractivity contribution in [1.29, 1.82) is 0 Å². The van der Waals surface area contributed by atoms with Crippen LogP contribution in [-0.2, 0) is 9.59 Å². The number of aliphatic hydroxyl groups excluding tert-OH is 2. The number of carbonyl (C=O) groups is 2. The lowest BCUT2D eigenvalue weighted by Gasteiger charge is -2.61. The van der Waals surface area contributed by atoms with Gasteiger partial charge in [-0.3, -0.25) is 9.59 Å². The molecule has 5 aliphatic rings. The third-order valence-corrected chi connectivity index (χ3v) is 11.5. The summed E-state index contributed by atoms with van der Waals surface area (Å²) in [4.78, 5) is 28.5. The maximum absolute atomic E-state index is 13.9. The number of nitrogens with zero attached hydrogens (tertiary/aromatic N) is 1. The van der Waals surface area contributed by atoms with Gasteiger partial charge in [-0.2, -0.15) is 0 Å². The number of aliphatic hydroxyl groups is 2. The van der Waals surface area contributed by atoms with E-state index in [2.05, 4.69) is 20.8 Å². The van der Waals surface area contributed by atoms with Gasteiger partial charge >= 0.3 is 0 Å². The standard InChI is InChI=1S/C28H45NO4/c1-17(6-9-25(33)29-12-4-5-13-29)20-7-8-21-26-22(16-24(32)28(20,21)3)27(2)11-10-19(30)14-18(27)15-23(26)31/h17-23,26,30-31H,4-16H2,1-3H3/t17-,18+,19-,20-,21?,22+,23-,26+,27+,28-/m1/s1. The van der Waals surface area contributed by atoms with Gasteiger partial charge in [0, 0.05) is 31.3 Å². The summed E-state index contributed by atoms with van der Waals surface area (Å²) in [5.41, 5.74) is -0.304. The Morgan fingerprint density at radius 1 is 1.09 bits per heavy atom. The summed E-state index contributed by atoms with van der Waals surface area (Å²) in [6.45, 7) is 8.63. The highest BCUT2D eigenvalue weighted by Gasteiger charge is 2.65. The number of rotatable bonds is 4. The molecule has 1 aliphatic heterocycles. The van der Waals surface area contributed by atoms with Gasteiger partial charge in [0.15, 0.2) is 0 Å². The van der Waals surface area contributed by atoms with Crippen LogP contribution >= 0.6 is 0 Å². The Hall–Kier alpha value is -0.940. The van der Waals surface area contributed by atoms with E-state index in [0.717, 1.165) is 70.9 Å². The highest BCUT2D eigenvalue weighted by molar-refractivity contribution is 5.87. The van der Waals surface area contributed by atoms with Gasteiger partial charge in [0.2, 0.25) is 5.91 Å². The van der Waals surface area contributed by atoms with Gasteiger partial charge in [0.25, 0.3) is 0 Å². The predicted octanol–water partition coefficient (Wildman–Crippen LogP) is 4.19. The lowest BCUT2D eigenvalue weighted by atomic mass is 9.43. The molecule has 4 saturated carbocycles. The Labute approximate surface area is 199 Å². The highest BCUT2D eigenvalue weighted by atomic mass is 16.3. The second-order valence-electron chi connectivity index (χ2n) is 12.9. The van der Waals surface area contributed by atoms with Gasteiger partial charge in [0.05, 0.1) is 12.2 Å². The van der Waals surface area contributed by atoms with Crippen molar-refractivity contribution in [3.8, 4) is 0 Å². The van der Waals surface area contributed by atoms with Gasteiger partial charge in [-0.05, 0) is 98.7 Å². The Morgan fingerprint density at radius 3 is 2.55 bits per heavy atom. The van der Waals surface area contributed by atoms with E-state index in [0.29, 0.717) is 36.4 Å². The number of amides is 1. The normalized spacial score (nSPS) is 48.2. The third-order valence-electron chi connectivity index (χ3n) is 11.5. The molecule has 0 radical (unpaired) electrons. The van der Waals surface area contributed by atoms with Gasteiger partial charge in [-0.25, -0.2) is 0 Å². The van der Waals surface area contributed by atoms with E-state index >= 15 is 0 Å². The molecule has 4 aliphatic carbocycles. The molecule has 10 atom stereocenters. The molecule has 5 rings (SSSR count). The first-order chi connectivity index (χ1) is 15.7. The number of hydrogen-bond acceptors (Lipinski definition) is 4. The number of hydrogen-bond donors (Lipinski definition) is 2. The Bertz CT molecular complexity index is 778. The van der Waals surface area contributed by atoms with Crippen molar-refractivity contribution < 1.29 is 19.8 Å². The first kappa shape index (κ1) is 23.8. The number of likely N-dealkylation sites (tertiary alicyclic amines) is 1. The second-order valence-corrected chi connectivity index (χ2v) is 12.9. The molecule has 2 N–H and O–H groups in total. The molecule has 5 fully saturated rings. The summed E-state index contributed by atoms with van der Waals surface area (Å²) < 4.78 is 0. The van der Waals surface area contributed by atoms with Gasteiger partial charge in [-0.1, -0.05) is 20.8 Å². The van der Waals surface area contributed by atoms with Crippen LogP contribution in [0.25, 0.3) is 0 Å². The fourth-order valence-electron chi connectivity index (χ4n) is 9.54. The van der Waals surface area contributed by atoms with E-state index in [-0.39, 0.29) is 46.7 Å². The van der Waals surface area contributed by atoms with Crippen molar-refractivity contribution in [3.05, 3.63) is 0 Å². The average Bonchev–Trinajstić information content (AvgIpc) is 3.43. The Morgan fingerprint density at radius 2 is 1.82 bits per heavy atom. The number of ketones is 1. The molecular formula is C28H45NO4. The molecule has 5 nitrogen and oxygen atoms in total. The monoisotopic (exact) mass is 459 g/mol. The fourth-order valence-corrected chi connectivity index (χ4v) is 9.54. The SMILES string of the molecule is C[C@H](CCC(=O)N1CCCC1)[C@H]1CCC2[C@@H]3[C@H](O)C[C@@H]4C[C@H](O)CC[C@]4(C)[C@H]3CC(=O)[C@@]21C. The fraction of sp³-hybridized carbons (Fsp3) is 0.929. The van der Waals surface area contributed by atoms with Crippen LogP contribution in [0.4, 0.5) is 0 Å². The molecular weight excluding hydrogens is 414 g/mol. The predicted molar refractivity (Wildman–Crippen MR) is 127 cm³/mol. The lowest BCUT2D eigenvalue weighted by molar-refractivity contribution is -0.181. The summed E-state index contributed by atoms with van der Waals surface area (Å²) in [5.74, 6) is 2.38. The van der Waals surface area contributed by atoms with Gasteiger partial charge in [0.1, 0.15) is 5.78 Å². The Kier molecular flexibility index (Phi) is 6.21. The lowest BCUT2D eigenvalue weighted by Crippen LogP contribution is -2.61. The van der Waals surface area contributed by atoms with E-state index in [1.807, 2.05) is 4.90 Å². The second kappa shape index (κ2) is 8.62. The minimum Gasteiger partial charge on any atom is -0.393 e. The van der Waals surface area contributed by atoms with Gasteiger partial charge < -0.3 is 15.1 Å². The summed E-state index contributed by atoms with van der Waals surface area (Å²) in [6, 6.07) is 0. The Balaban J connectivity index is 1.33. The maximum atomic E-state index is 13.9. The third kappa shape index (κ3) is 3.71. The zero-order chi connectivity index (χ0) is 23.5. The quantitative estimate of drug-likeness (QED) is 0.661. The van der Waals surface area contributed by atoms with Gasteiger partial charge in [-0.15, -0.1) is 0 Å². The number of carbonyl (C=O) groups excluding carboxylic acids is 2. The van der Waals surface area contributed by atoms with Crippen LogP contribution in [0.3, 0.4) is 0 Å². The van der Waals surface area contributed by atoms with Crippen LogP contribution in [0, 0.1) is 46.3 Å². The van der Waals surface area contributed by atoms with E-state index in [4.69, 9.17) is 0 Å². The molecule has 1 unspecified atom stereocenters. The average molecular weight is 460 g/mol. The van der Waals surface area contributed by atoms with Crippen LogP contribution < -0.4 is 0 Å². The van der Waals surface area contributed by atoms with Crippen LogP contribution in [0.1, 0.15) is 91.4 Å². The van der Waals surface area contributed by atoms with E-state index < -0.39 is 0 Å². The van der Waals surface area contributed by atoms with E-state index in [1.54, 1.807) is 0 Å². The number of Topliss-reactive ketones (excluding diaryl/α,β-unsaturated/α-hetero) is 1. The summed E-state index contributed by atoms with van der Waals surface area (Å²) in [6.07, 6.45) is 9.12. The summed E-state index contributed by atoms with van der Waals surface area (Å²) in [7, 11) is 0. The van der Waals surface area contributed by atoms with Crippen LogP contribution in [0.15, 0.2) is 0 Å². The zero-order valence-corrected chi connectivity index (χ0v) is 21.0. The molecule has 1 amide bonds. The molecule has 186 valence electrons. The minimum absolute atomic E-state index is 0.0615. The first-order valence-electron chi connectivity index (χ1n) is 13.8. The number of fused-ring (bicyclic) bond motifs is 5. The van der Waals surface area contributed by atoms with Crippen molar-refractivity contribution in [2.24, 2.45) is 46.3 Å². The topological polar surface area (TPSA) is 77.8 Å². The van der Waals surface area contributed by atoms with Crippen molar-refractivity contribution in [1.82, 2.24) is 4.90 Å². The minimum atomic E-state index is -0.365. The van der Waals surface area contributed by atoms with Crippen molar-refractivity contribution in [2.45, 2.75) is 104 Å². The van der Waals surface area contributed by atoms with Crippen LogP contribution in [-0.4, -0.2) is 52.1 Å². The molecule has 5 heteroatoms. The highest BCUT2D eigenvalue weighted by Crippen LogP contribution is 2.67. The van der Waals surface area contributed by atoms with E-state index in [9.17, 15) is 19.8 Å². The summed E-state index contributed by atoms with van der Waals surface area (Å²) in [5, 5.41) is 21.6. The first-order valence-corrected chi connectivity index (χ1v) is 13.8. The molecule has 0 aromatic heterocycles. The molecule has 0 spiro atoms. The van der Waals surface area contributed by atoms with Crippen molar-refractivity contribution in [2.75, 3.05) is 13.1 Å². The molecule has 1 saturated heterocycles. The van der Waals surface area contributed by atoms with Crippen LogP contribution in [0.2, 0.25) is 0 Å². The summed E-state index contributed by atoms with van der Waals surface area (Å²) >= 11 is 0. The maximum Gasteiger partial charge on any atom is 0.222 e. The molecule has 0 bridgehead atoms. The van der Waals surface area contributed by atoms with Crippen molar-refractivity contribution in [3.63, 3.8) is 0 Å². The smallest absolute Gasteiger partial charge is 0.222 e. The molecule has 1 heterocycles. The molecule has 33 heavy (non-hydrogen) atoms. The molecule has 0 aromatic carbocycles. The zero-order valence-electron chi connectivity index (χ0n) is 21.0. The largest absolute Gasteiger partial charge is 0.393 e.